The smallest absolute Gasteiger partial charge is 0.247 e. The van der Waals surface area contributed by atoms with E-state index in [0.29, 0.717) is 74.3 Å². The Morgan fingerprint density at radius 2 is 1.20 bits per heavy atom. The maximum atomic E-state index is 13.4. The monoisotopic (exact) mass is 682 g/mol. The van der Waals surface area contributed by atoms with Crippen molar-refractivity contribution in [1.29, 1.82) is 0 Å². The number of hydrogen-bond acceptors (Lipinski definition) is 5. The van der Waals surface area contributed by atoms with Crippen LogP contribution < -0.4 is 10.6 Å². The largest absolute Gasteiger partial charge is 0.338 e. The summed E-state index contributed by atoms with van der Waals surface area (Å²) < 4.78 is 0. The molecule has 4 amide bonds. The molecular weight excluding hydrogens is 640 g/mol. The first-order valence-corrected chi connectivity index (χ1v) is 17.8. The van der Waals surface area contributed by atoms with Crippen LogP contribution in [0, 0.1) is 0 Å². The van der Waals surface area contributed by atoms with Crippen molar-refractivity contribution in [3.63, 3.8) is 0 Å². The first-order chi connectivity index (χ1) is 24.9. The maximum Gasteiger partial charge on any atom is 0.247 e. The minimum atomic E-state index is -0.500. The third kappa shape index (κ3) is 8.01. The van der Waals surface area contributed by atoms with Gasteiger partial charge in [-0.15, -0.1) is 0 Å². The Morgan fingerprint density at radius 1 is 0.647 bits per heavy atom. The summed E-state index contributed by atoms with van der Waals surface area (Å²) >= 11 is 0. The summed E-state index contributed by atoms with van der Waals surface area (Å²) in [6.07, 6.45) is 4.89. The fourth-order valence-electron chi connectivity index (χ4n) is 7.17. The standard InChI is InChI=1S/C41H42N6O4/c48-37(22-18-28-10-3-1-4-11-28)46-24-8-16-35(46)40(50)42-31-15-7-14-30(26-31)39-44-33-21-20-32(27-34(33)45-39)43-41(51)36-17-9-25-47(36)38(49)23-19-29-12-5-2-6-13-29/h1-7,10-15,20-21,26-27,35-36H,8-9,16-19,22-25H2,(H,42,50)(H,43,51)(H,44,45)/t35-,36-/m0/s1. The van der Waals surface area contributed by atoms with Crippen LogP contribution in [-0.4, -0.2) is 68.6 Å². The van der Waals surface area contributed by atoms with Crippen molar-refractivity contribution < 1.29 is 19.2 Å². The van der Waals surface area contributed by atoms with Gasteiger partial charge in [0, 0.05) is 42.9 Å². The molecule has 10 heteroatoms. The molecule has 260 valence electrons. The molecule has 10 nitrogen and oxygen atoms in total. The van der Waals surface area contributed by atoms with E-state index in [2.05, 4.69) is 15.6 Å². The molecule has 2 fully saturated rings. The van der Waals surface area contributed by atoms with Gasteiger partial charge in [-0.3, -0.25) is 19.2 Å². The molecule has 2 aliphatic rings. The predicted molar refractivity (Wildman–Crippen MR) is 198 cm³/mol. The predicted octanol–water partition coefficient (Wildman–Crippen LogP) is 6.35. The molecule has 7 rings (SSSR count). The molecule has 0 unspecified atom stereocenters. The number of aromatic nitrogens is 2. The lowest BCUT2D eigenvalue weighted by molar-refractivity contribution is -0.136. The second-order valence-corrected chi connectivity index (χ2v) is 13.3. The molecule has 3 heterocycles. The molecule has 1 aromatic heterocycles. The maximum absolute atomic E-state index is 13.4. The van der Waals surface area contributed by atoms with Crippen LogP contribution in [0.5, 0.6) is 0 Å². The summed E-state index contributed by atoms with van der Waals surface area (Å²) in [5, 5.41) is 6.03. The van der Waals surface area contributed by atoms with Crippen LogP contribution in [-0.2, 0) is 32.0 Å². The Kier molecular flexibility index (Phi) is 10.2. The highest BCUT2D eigenvalue weighted by Gasteiger charge is 2.35. The highest BCUT2D eigenvalue weighted by atomic mass is 16.2. The summed E-state index contributed by atoms with van der Waals surface area (Å²) in [4.78, 5) is 64.4. The van der Waals surface area contributed by atoms with Gasteiger partial charge in [-0.1, -0.05) is 72.8 Å². The molecular formula is C41H42N6O4. The van der Waals surface area contributed by atoms with Crippen LogP contribution in [0.3, 0.4) is 0 Å². The SMILES string of the molecule is O=C(Nc1cccc(-c2nc3cc(NC(=O)[C@@H]4CCCN4C(=O)CCc4ccccc4)ccc3[nH]2)c1)[C@@H]1CCCN1C(=O)CCc1ccccc1. The van der Waals surface area contributed by atoms with Gasteiger partial charge in [0.1, 0.15) is 17.9 Å². The van der Waals surface area contributed by atoms with Crippen molar-refractivity contribution in [1.82, 2.24) is 19.8 Å². The van der Waals surface area contributed by atoms with Crippen molar-refractivity contribution >= 4 is 46.0 Å². The Labute approximate surface area is 297 Å². The quantitative estimate of drug-likeness (QED) is 0.150. The zero-order valence-electron chi connectivity index (χ0n) is 28.5. The number of rotatable bonds is 11. The van der Waals surface area contributed by atoms with Crippen molar-refractivity contribution in [3.8, 4) is 11.4 Å². The van der Waals surface area contributed by atoms with E-state index >= 15 is 0 Å². The number of hydrogen-bond donors (Lipinski definition) is 3. The molecule has 51 heavy (non-hydrogen) atoms. The number of anilines is 2. The number of nitrogens with one attached hydrogen (secondary N) is 3. The van der Waals surface area contributed by atoms with Gasteiger partial charge in [0.2, 0.25) is 23.6 Å². The number of aromatic amines is 1. The van der Waals surface area contributed by atoms with Crippen LogP contribution >= 0.6 is 0 Å². The van der Waals surface area contributed by atoms with Gasteiger partial charge < -0.3 is 25.4 Å². The topological polar surface area (TPSA) is 128 Å². The van der Waals surface area contributed by atoms with Crippen molar-refractivity contribution in [2.75, 3.05) is 23.7 Å². The number of carbonyl (C=O) groups excluding carboxylic acids is 4. The highest BCUT2D eigenvalue weighted by molar-refractivity contribution is 5.99. The average Bonchev–Trinajstić information content (AvgIpc) is 3.94. The first kappa shape index (κ1) is 33.7. The third-order valence-electron chi connectivity index (χ3n) is 9.85. The number of aryl methyl sites for hydroxylation is 2. The number of H-pyrrole nitrogens is 1. The van der Waals surface area contributed by atoms with E-state index in [1.54, 1.807) is 9.80 Å². The van der Waals surface area contributed by atoms with Gasteiger partial charge in [-0.2, -0.15) is 0 Å². The van der Waals surface area contributed by atoms with Gasteiger partial charge >= 0.3 is 0 Å². The molecule has 2 saturated heterocycles. The summed E-state index contributed by atoms with van der Waals surface area (Å²) in [7, 11) is 0. The Bertz CT molecular complexity index is 2030. The fraction of sp³-hybridized carbons (Fsp3) is 0.293. The lowest BCUT2D eigenvalue weighted by atomic mass is 10.1. The van der Waals surface area contributed by atoms with E-state index in [1.165, 1.54) is 0 Å². The van der Waals surface area contributed by atoms with E-state index in [4.69, 9.17) is 4.98 Å². The van der Waals surface area contributed by atoms with E-state index in [-0.39, 0.29) is 23.6 Å². The fourth-order valence-corrected chi connectivity index (χ4v) is 7.17. The number of imidazole rings is 1. The van der Waals surface area contributed by atoms with Crippen LogP contribution in [0.1, 0.15) is 49.7 Å². The molecule has 0 saturated carbocycles. The number of benzene rings is 4. The van der Waals surface area contributed by atoms with Crippen molar-refractivity contribution in [3.05, 3.63) is 114 Å². The second kappa shape index (κ2) is 15.4. The van der Waals surface area contributed by atoms with Crippen LogP contribution in [0.2, 0.25) is 0 Å². The Balaban J connectivity index is 0.967. The zero-order chi connectivity index (χ0) is 35.2. The van der Waals surface area contributed by atoms with Gasteiger partial charge in [0.15, 0.2) is 0 Å². The highest BCUT2D eigenvalue weighted by Crippen LogP contribution is 2.27. The molecule has 2 aliphatic heterocycles. The summed E-state index contributed by atoms with van der Waals surface area (Å²) in [6.45, 7) is 1.16. The van der Waals surface area contributed by atoms with E-state index in [0.717, 1.165) is 35.0 Å². The van der Waals surface area contributed by atoms with Gasteiger partial charge in [0.05, 0.1) is 11.0 Å². The van der Waals surface area contributed by atoms with Crippen molar-refractivity contribution in [2.24, 2.45) is 0 Å². The van der Waals surface area contributed by atoms with Crippen LogP contribution in [0.25, 0.3) is 22.4 Å². The number of carbonyl (C=O) groups is 4. The van der Waals surface area contributed by atoms with Gasteiger partial charge in [0.25, 0.3) is 0 Å². The molecule has 0 spiro atoms. The molecule has 0 bridgehead atoms. The number of fused-ring (bicyclic) bond motifs is 1. The normalized spacial score (nSPS) is 17.1. The molecule has 4 aromatic carbocycles. The first-order valence-electron chi connectivity index (χ1n) is 17.8. The molecule has 0 radical (unpaired) electrons. The summed E-state index contributed by atoms with van der Waals surface area (Å²) in [5.41, 5.74) is 5.69. The van der Waals surface area contributed by atoms with E-state index < -0.39 is 12.1 Å². The molecule has 0 aliphatic carbocycles. The van der Waals surface area contributed by atoms with Crippen molar-refractivity contribution in [2.45, 2.75) is 63.5 Å². The minimum Gasteiger partial charge on any atom is -0.338 e. The Hall–Kier alpha value is -5.77. The van der Waals surface area contributed by atoms with Gasteiger partial charge in [-0.25, -0.2) is 4.98 Å². The van der Waals surface area contributed by atoms with E-state index in [1.807, 2.05) is 103 Å². The zero-order valence-corrected chi connectivity index (χ0v) is 28.5. The minimum absolute atomic E-state index is 0.00372. The Morgan fingerprint density at radius 3 is 1.76 bits per heavy atom. The molecule has 5 aromatic rings. The lowest BCUT2D eigenvalue weighted by Crippen LogP contribution is -2.43. The summed E-state index contributed by atoms with van der Waals surface area (Å²) in [6, 6.07) is 31.8. The van der Waals surface area contributed by atoms with Crippen LogP contribution in [0.15, 0.2) is 103 Å². The average molecular weight is 683 g/mol. The van der Waals surface area contributed by atoms with Crippen LogP contribution in [0.4, 0.5) is 11.4 Å². The summed E-state index contributed by atoms with van der Waals surface area (Å²) in [5.74, 6) is 0.222. The van der Waals surface area contributed by atoms with Gasteiger partial charge in [-0.05, 0) is 80.0 Å². The number of amides is 4. The number of nitrogens with zero attached hydrogens (tertiary/aromatic N) is 3. The third-order valence-corrected chi connectivity index (χ3v) is 9.85. The lowest BCUT2D eigenvalue weighted by Gasteiger charge is -2.24. The number of likely N-dealkylation sites (tertiary alicyclic amines) is 2. The second-order valence-electron chi connectivity index (χ2n) is 13.3. The van der Waals surface area contributed by atoms with E-state index in [9.17, 15) is 19.2 Å². The molecule has 3 N–H and O–H groups in total. The molecule has 2 atom stereocenters.